The first-order valence-electron chi connectivity index (χ1n) is 11.7. The molecule has 0 atom stereocenters. The molecule has 2 heterocycles. The van der Waals surface area contributed by atoms with E-state index in [1.807, 2.05) is 11.6 Å². The lowest BCUT2D eigenvalue weighted by Crippen LogP contribution is -2.38. The molecule has 8 nitrogen and oxygen atoms in total. The van der Waals surface area contributed by atoms with Crippen LogP contribution < -0.4 is 10.2 Å². The Labute approximate surface area is 200 Å². The third-order valence-corrected chi connectivity index (χ3v) is 9.31. The molecule has 2 fully saturated rings. The molecule has 1 saturated carbocycles. The maximum Gasteiger partial charge on any atom is 0.243 e. The fourth-order valence-electron chi connectivity index (χ4n) is 4.61. The van der Waals surface area contributed by atoms with E-state index >= 15 is 0 Å². The molecule has 33 heavy (non-hydrogen) atoms. The number of nitrogens with zero attached hydrogens (tertiary/aromatic N) is 4. The van der Waals surface area contributed by atoms with Crippen molar-refractivity contribution in [3.63, 3.8) is 0 Å². The Hall–Kier alpha value is -2.01. The maximum absolute atomic E-state index is 13.0. The summed E-state index contributed by atoms with van der Waals surface area (Å²) < 4.78 is 27.5. The Morgan fingerprint density at radius 3 is 2.55 bits per heavy atom. The molecule has 0 radical (unpaired) electrons. The van der Waals surface area contributed by atoms with Gasteiger partial charge in [-0.3, -0.25) is 9.69 Å². The minimum absolute atomic E-state index is 0.0725. The minimum Gasteiger partial charge on any atom is -0.347 e. The van der Waals surface area contributed by atoms with Gasteiger partial charge in [0.15, 0.2) is 5.13 Å². The fraction of sp³-hybridized carbons (Fsp3) is 0.565. The number of benzene rings is 1. The van der Waals surface area contributed by atoms with Crippen LogP contribution in [0.2, 0.25) is 0 Å². The standard InChI is InChI=1S/C23H33N5O3S2/c1-26(20-6-3-2-4-7-20)33(30,31)21-10-8-19(9-11-21)25-22(29)18-27-13-5-14-28(16-15-27)23-24-12-17-32-23/h8-12,17,20H,2-7,13-16,18H2,1H3,(H,25,29). The van der Waals surface area contributed by atoms with Crippen molar-refractivity contribution in [1.29, 1.82) is 0 Å². The molecular formula is C23H33N5O3S2. The molecule has 1 N–H and O–H groups in total. The molecule has 1 saturated heterocycles. The maximum atomic E-state index is 13.0. The molecule has 4 rings (SSSR count). The van der Waals surface area contributed by atoms with Gasteiger partial charge in [-0.15, -0.1) is 11.3 Å². The molecular weight excluding hydrogens is 458 g/mol. The number of sulfonamides is 1. The van der Waals surface area contributed by atoms with Crippen LogP contribution in [0.4, 0.5) is 10.8 Å². The first-order valence-corrected chi connectivity index (χ1v) is 14.0. The molecule has 2 aromatic rings. The third-order valence-electron chi connectivity index (χ3n) is 6.55. The van der Waals surface area contributed by atoms with Crippen molar-refractivity contribution in [3.05, 3.63) is 35.8 Å². The molecule has 1 aromatic carbocycles. The van der Waals surface area contributed by atoms with E-state index in [1.165, 1.54) is 10.7 Å². The summed E-state index contributed by atoms with van der Waals surface area (Å²) >= 11 is 1.64. The van der Waals surface area contributed by atoms with E-state index in [1.54, 1.807) is 42.6 Å². The lowest BCUT2D eigenvalue weighted by Gasteiger charge is -2.30. The molecule has 0 spiro atoms. The first-order chi connectivity index (χ1) is 15.9. The van der Waals surface area contributed by atoms with Crippen molar-refractivity contribution >= 4 is 38.1 Å². The third kappa shape index (κ3) is 6.11. The van der Waals surface area contributed by atoms with Gasteiger partial charge in [-0.25, -0.2) is 13.4 Å². The smallest absolute Gasteiger partial charge is 0.243 e. The summed E-state index contributed by atoms with van der Waals surface area (Å²) in [6, 6.07) is 6.59. The van der Waals surface area contributed by atoms with Gasteiger partial charge in [0, 0.05) is 56.5 Å². The van der Waals surface area contributed by atoms with Crippen molar-refractivity contribution < 1.29 is 13.2 Å². The monoisotopic (exact) mass is 491 g/mol. The lowest BCUT2D eigenvalue weighted by atomic mass is 9.96. The fourth-order valence-corrected chi connectivity index (χ4v) is 6.73. The van der Waals surface area contributed by atoms with Crippen molar-refractivity contribution in [2.45, 2.75) is 49.5 Å². The van der Waals surface area contributed by atoms with E-state index in [-0.39, 0.29) is 16.8 Å². The molecule has 0 unspecified atom stereocenters. The summed E-state index contributed by atoms with van der Waals surface area (Å²) in [5, 5.41) is 5.92. The number of aromatic nitrogens is 1. The quantitative estimate of drug-likeness (QED) is 0.640. The van der Waals surface area contributed by atoms with E-state index < -0.39 is 10.0 Å². The summed E-state index contributed by atoms with van der Waals surface area (Å²) in [4.78, 5) is 21.7. The van der Waals surface area contributed by atoms with Gasteiger partial charge in [-0.2, -0.15) is 4.31 Å². The van der Waals surface area contributed by atoms with Gasteiger partial charge in [0.1, 0.15) is 0 Å². The van der Waals surface area contributed by atoms with Gasteiger partial charge in [0.05, 0.1) is 11.4 Å². The zero-order valence-electron chi connectivity index (χ0n) is 19.1. The van der Waals surface area contributed by atoms with E-state index in [4.69, 9.17) is 0 Å². The number of carbonyl (C=O) groups is 1. The van der Waals surface area contributed by atoms with Crippen LogP contribution in [0.15, 0.2) is 40.7 Å². The molecule has 1 amide bonds. The number of carbonyl (C=O) groups excluding carboxylic acids is 1. The second kappa shape index (κ2) is 10.9. The van der Waals surface area contributed by atoms with Gasteiger partial charge in [0.2, 0.25) is 15.9 Å². The molecule has 2 aliphatic rings. The molecule has 10 heteroatoms. The van der Waals surface area contributed by atoms with Crippen LogP contribution in [-0.2, 0) is 14.8 Å². The topological polar surface area (TPSA) is 85.8 Å². The normalized spacial score (nSPS) is 18.9. The number of rotatable bonds is 7. The Bertz CT molecular complexity index is 1010. The number of nitrogens with one attached hydrogen (secondary N) is 1. The summed E-state index contributed by atoms with van der Waals surface area (Å²) in [6.07, 6.45) is 7.98. The first kappa shape index (κ1) is 24.1. The Kier molecular flexibility index (Phi) is 8.00. The van der Waals surface area contributed by atoms with Crippen LogP contribution >= 0.6 is 11.3 Å². The predicted molar refractivity (Wildman–Crippen MR) is 132 cm³/mol. The molecule has 1 aromatic heterocycles. The van der Waals surface area contributed by atoms with Crippen molar-refractivity contribution in [2.75, 3.05) is 50.0 Å². The Morgan fingerprint density at radius 1 is 1.09 bits per heavy atom. The highest BCUT2D eigenvalue weighted by atomic mass is 32.2. The SMILES string of the molecule is CN(C1CCCCC1)S(=O)(=O)c1ccc(NC(=O)CN2CCCN(c3nccs3)CC2)cc1. The van der Waals surface area contributed by atoms with Crippen LogP contribution in [0, 0.1) is 0 Å². The minimum atomic E-state index is -3.53. The number of hydrogen-bond donors (Lipinski definition) is 1. The van der Waals surface area contributed by atoms with Crippen LogP contribution in [-0.4, -0.2) is 74.3 Å². The summed E-state index contributed by atoms with van der Waals surface area (Å²) in [5.41, 5.74) is 0.610. The second-order valence-corrected chi connectivity index (χ2v) is 11.7. The van der Waals surface area contributed by atoms with Gasteiger partial charge in [-0.1, -0.05) is 19.3 Å². The highest BCUT2D eigenvalue weighted by Crippen LogP contribution is 2.27. The van der Waals surface area contributed by atoms with Crippen LogP contribution in [0.25, 0.3) is 0 Å². The van der Waals surface area contributed by atoms with Crippen molar-refractivity contribution in [2.24, 2.45) is 0 Å². The highest BCUT2D eigenvalue weighted by Gasteiger charge is 2.29. The molecule has 1 aliphatic carbocycles. The lowest BCUT2D eigenvalue weighted by molar-refractivity contribution is -0.117. The molecule has 180 valence electrons. The van der Waals surface area contributed by atoms with E-state index in [0.29, 0.717) is 12.2 Å². The Morgan fingerprint density at radius 2 is 1.85 bits per heavy atom. The highest BCUT2D eigenvalue weighted by molar-refractivity contribution is 7.89. The van der Waals surface area contributed by atoms with E-state index in [9.17, 15) is 13.2 Å². The van der Waals surface area contributed by atoms with Crippen LogP contribution in [0.5, 0.6) is 0 Å². The average Bonchev–Trinajstić information content (AvgIpc) is 3.26. The number of anilines is 2. The largest absolute Gasteiger partial charge is 0.347 e. The van der Waals surface area contributed by atoms with Crippen LogP contribution in [0.1, 0.15) is 38.5 Å². The van der Waals surface area contributed by atoms with Gasteiger partial charge in [-0.05, 0) is 43.5 Å². The van der Waals surface area contributed by atoms with Gasteiger partial charge in [0.25, 0.3) is 0 Å². The van der Waals surface area contributed by atoms with E-state index in [2.05, 4.69) is 20.1 Å². The predicted octanol–water partition coefficient (Wildman–Crippen LogP) is 3.25. The zero-order chi connectivity index (χ0) is 23.3. The number of thiazole rings is 1. The van der Waals surface area contributed by atoms with Gasteiger partial charge >= 0.3 is 0 Å². The summed E-state index contributed by atoms with van der Waals surface area (Å²) in [6.45, 7) is 3.77. The Balaban J connectivity index is 1.30. The number of amides is 1. The molecule has 0 bridgehead atoms. The summed E-state index contributed by atoms with van der Waals surface area (Å²) in [7, 11) is -1.85. The van der Waals surface area contributed by atoms with E-state index in [0.717, 1.165) is 63.4 Å². The molecule has 1 aliphatic heterocycles. The average molecular weight is 492 g/mol. The van der Waals surface area contributed by atoms with Crippen LogP contribution in [0.3, 0.4) is 0 Å². The van der Waals surface area contributed by atoms with Crippen molar-refractivity contribution in [3.8, 4) is 0 Å². The van der Waals surface area contributed by atoms with Gasteiger partial charge < -0.3 is 10.2 Å². The second-order valence-electron chi connectivity index (χ2n) is 8.82. The summed E-state index contributed by atoms with van der Waals surface area (Å²) in [5.74, 6) is -0.0902. The number of hydrogen-bond acceptors (Lipinski definition) is 7. The zero-order valence-corrected chi connectivity index (χ0v) is 20.8. The van der Waals surface area contributed by atoms with Crippen molar-refractivity contribution in [1.82, 2.24) is 14.2 Å².